The van der Waals surface area contributed by atoms with Crippen LogP contribution in [-0.4, -0.2) is 22.2 Å². The summed E-state index contributed by atoms with van der Waals surface area (Å²) in [6.07, 6.45) is 4.80. The molecule has 1 heterocycles. The van der Waals surface area contributed by atoms with E-state index in [0.717, 1.165) is 6.42 Å². The molecule has 0 amide bonds. The zero-order chi connectivity index (χ0) is 8.60. The number of aliphatic hydroxyl groups is 1. The van der Waals surface area contributed by atoms with Crippen molar-refractivity contribution in [2.24, 2.45) is 11.8 Å². The fraction of sp³-hybridized carbons (Fsp3) is 1.00. The molecule has 3 unspecified atom stereocenters. The highest BCUT2D eigenvalue weighted by Crippen LogP contribution is 2.54. The predicted octanol–water partition coefficient (Wildman–Crippen LogP) is 2.29. The minimum Gasteiger partial charge on any atom is -0.389 e. The summed E-state index contributed by atoms with van der Waals surface area (Å²) in [5.74, 6) is 3.74. The Morgan fingerprint density at radius 2 is 2.42 bits per heavy atom. The van der Waals surface area contributed by atoms with Crippen molar-refractivity contribution in [2.45, 2.75) is 38.2 Å². The maximum absolute atomic E-state index is 10.2. The number of hydrogen-bond acceptors (Lipinski definition) is 2. The summed E-state index contributed by atoms with van der Waals surface area (Å²) in [5, 5.41) is 10.2. The van der Waals surface area contributed by atoms with E-state index < -0.39 is 0 Å². The molecule has 2 aliphatic rings. The van der Waals surface area contributed by atoms with Gasteiger partial charge in [-0.2, -0.15) is 11.8 Å². The SMILES string of the molecule is CCCC1CC1(O)C1CCSC1. The quantitative estimate of drug-likeness (QED) is 0.730. The van der Waals surface area contributed by atoms with Crippen LogP contribution >= 0.6 is 11.8 Å². The van der Waals surface area contributed by atoms with Gasteiger partial charge in [-0.15, -0.1) is 0 Å². The lowest BCUT2D eigenvalue weighted by atomic mass is 9.96. The van der Waals surface area contributed by atoms with Gasteiger partial charge in [-0.25, -0.2) is 0 Å². The summed E-state index contributed by atoms with van der Waals surface area (Å²) >= 11 is 2.01. The van der Waals surface area contributed by atoms with Crippen molar-refractivity contribution >= 4 is 11.8 Å². The second-order valence-electron chi connectivity index (χ2n) is 4.24. The topological polar surface area (TPSA) is 20.2 Å². The van der Waals surface area contributed by atoms with Gasteiger partial charge in [0.05, 0.1) is 5.60 Å². The van der Waals surface area contributed by atoms with Crippen LogP contribution in [0.1, 0.15) is 32.6 Å². The molecule has 1 N–H and O–H groups in total. The van der Waals surface area contributed by atoms with Crippen LogP contribution in [0.25, 0.3) is 0 Å². The molecular formula is C10H18OS. The summed E-state index contributed by atoms with van der Waals surface area (Å²) in [6, 6.07) is 0. The van der Waals surface area contributed by atoms with Gasteiger partial charge in [0.15, 0.2) is 0 Å². The number of rotatable bonds is 3. The van der Waals surface area contributed by atoms with Crippen molar-refractivity contribution in [1.82, 2.24) is 0 Å². The first-order chi connectivity index (χ1) is 5.77. The van der Waals surface area contributed by atoms with Crippen molar-refractivity contribution < 1.29 is 5.11 Å². The maximum atomic E-state index is 10.2. The Morgan fingerprint density at radius 1 is 1.58 bits per heavy atom. The molecule has 70 valence electrons. The number of thioether (sulfide) groups is 1. The average Bonchev–Trinajstić information content (AvgIpc) is 2.57. The lowest BCUT2D eigenvalue weighted by Gasteiger charge is -2.17. The highest BCUT2D eigenvalue weighted by molar-refractivity contribution is 7.99. The summed E-state index contributed by atoms with van der Waals surface area (Å²) in [7, 11) is 0. The minimum atomic E-state index is -0.223. The monoisotopic (exact) mass is 186 g/mol. The van der Waals surface area contributed by atoms with Crippen molar-refractivity contribution in [3.63, 3.8) is 0 Å². The molecule has 0 bridgehead atoms. The van der Waals surface area contributed by atoms with Crippen LogP contribution in [0.5, 0.6) is 0 Å². The van der Waals surface area contributed by atoms with Crippen LogP contribution < -0.4 is 0 Å². The van der Waals surface area contributed by atoms with Gasteiger partial charge in [-0.1, -0.05) is 13.3 Å². The summed E-state index contributed by atoms with van der Waals surface area (Å²) < 4.78 is 0. The Morgan fingerprint density at radius 3 is 3.00 bits per heavy atom. The van der Waals surface area contributed by atoms with Gasteiger partial charge in [0, 0.05) is 0 Å². The third-order valence-corrected chi connectivity index (χ3v) is 4.56. The molecule has 0 spiro atoms. The van der Waals surface area contributed by atoms with Gasteiger partial charge in [0.2, 0.25) is 0 Å². The van der Waals surface area contributed by atoms with Gasteiger partial charge in [-0.05, 0) is 42.6 Å². The number of hydrogen-bond donors (Lipinski definition) is 1. The lowest BCUT2D eigenvalue weighted by molar-refractivity contribution is 0.0750. The molecule has 1 aliphatic heterocycles. The summed E-state index contributed by atoms with van der Waals surface area (Å²) in [6.45, 7) is 2.21. The van der Waals surface area contributed by atoms with Crippen molar-refractivity contribution in [1.29, 1.82) is 0 Å². The largest absolute Gasteiger partial charge is 0.389 e. The molecule has 1 saturated heterocycles. The van der Waals surface area contributed by atoms with E-state index in [4.69, 9.17) is 0 Å². The van der Waals surface area contributed by atoms with Crippen LogP contribution in [0, 0.1) is 11.8 Å². The molecule has 0 aromatic rings. The van der Waals surface area contributed by atoms with E-state index in [-0.39, 0.29) is 5.60 Å². The first-order valence-electron chi connectivity index (χ1n) is 5.07. The molecule has 1 aliphatic carbocycles. The van der Waals surface area contributed by atoms with Crippen molar-refractivity contribution in [2.75, 3.05) is 11.5 Å². The van der Waals surface area contributed by atoms with Gasteiger partial charge in [-0.3, -0.25) is 0 Å². The second kappa shape index (κ2) is 3.22. The van der Waals surface area contributed by atoms with Crippen LogP contribution in [-0.2, 0) is 0 Å². The molecule has 2 rings (SSSR count). The van der Waals surface area contributed by atoms with Crippen LogP contribution in [0.3, 0.4) is 0 Å². The van der Waals surface area contributed by atoms with Crippen LogP contribution in [0.4, 0.5) is 0 Å². The van der Waals surface area contributed by atoms with Crippen molar-refractivity contribution in [3.8, 4) is 0 Å². The average molecular weight is 186 g/mol. The van der Waals surface area contributed by atoms with E-state index >= 15 is 0 Å². The molecule has 1 nitrogen and oxygen atoms in total. The smallest absolute Gasteiger partial charge is 0.0716 e. The van der Waals surface area contributed by atoms with Crippen molar-refractivity contribution in [3.05, 3.63) is 0 Å². The molecule has 0 aromatic carbocycles. The van der Waals surface area contributed by atoms with E-state index in [9.17, 15) is 5.11 Å². The van der Waals surface area contributed by atoms with Gasteiger partial charge in [0.1, 0.15) is 0 Å². The Balaban J connectivity index is 1.87. The fourth-order valence-corrected chi connectivity index (χ4v) is 3.82. The summed E-state index contributed by atoms with van der Waals surface area (Å²) in [5.41, 5.74) is -0.223. The Hall–Kier alpha value is 0.310. The van der Waals surface area contributed by atoms with Gasteiger partial charge >= 0.3 is 0 Å². The van der Waals surface area contributed by atoms with Gasteiger partial charge < -0.3 is 5.11 Å². The molecular weight excluding hydrogens is 168 g/mol. The molecule has 1 saturated carbocycles. The Kier molecular flexibility index (Phi) is 2.39. The molecule has 3 atom stereocenters. The lowest BCUT2D eigenvalue weighted by Crippen LogP contribution is -2.24. The molecule has 0 aromatic heterocycles. The maximum Gasteiger partial charge on any atom is 0.0716 e. The molecule has 2 fully saturated rings. The van der Waals surface area contributed by atoms with E-state index in [2.05, 4.69) is 6.92 Å². The standard InChI is InChI=1S/C10H18OS/c1-2-3-8-6-10(8,11)9-4-5-12-7-9/h8-9,11H,2-7H2,1H3. The third-order valence-electron chi connectivity index (χ3n) is 3.39. The Labute approximate surface area is 78.9 Å². The van der Waals surface area contributed by atoms with E-state index in [1.54, 1.807) is 0 Å². The third kappa shape index (κ3) is 1.39. The van der Waals surface area contributed by atoms with Gasteiger partial charge in [0.25, 0.3) is 0 Å². The van der Waals surface area contributed by atoms with Crippen LogP contribution in [0.15, 0.2) is 0 Å². The highest BCUT2D eigenvalue weighted by atomic mass is 32.2. The fourth-order valence-electron chi connectivity index (χ4n) is 2.47. The summed E-state index contributed by atoms with van der Waals surface area (Å²) in [4.78, 5) is 0. The predicted molar refractivity (Wildman–Crippen MR) is 53.4 cm³/mol. The zero-order valence-electron chi connectivity index (χ0n) is 7.75. The van der Waals surface area contributed by atoms with E-state index in [1.807, 2.05) is 11.8 Å². The van der Waals surface area contributed by atoms with E-state index in [1.165, 1.54) is 30.8 Å². The molecule has 0 radical (unpaired) electrons. The van der Waals surface area contributed by atoms with Crippen LogP contribution in [0.2, 0.25) is 0 Å². The highest BCUT2D eigenvalue weighted by Gasteiger charge is 2.57. The zero-order valence-corrected chi connectivity index (χ0v) is 8.57. The molecule has 12 heavy (non-hydrogen) atoms. The van der Waals surface area contributed by atoms with E-state index in [0.29, 0.717) is 11.8 Å². The normalized spacial score (nSPS) is 46.5. The minimum absolute atomic E-state index is 0.223. The first kappa shape index (κ1) is 8.89. The molecule has 2 heteroatoms. The second-order valence-corrected chi connectivity index (χ2v) is 5.39. The Bertz CT molecular complexity index is 165. The first-order valence-corrected chi connectivity index (χ1v) is 6.23.